The molecule has 0 saturated heterocycles. The summed E-state index contributed by atoms with van der Waals surface area (Å²) in [6, 6.07) is 12.6. The molecule has 1 aromatic heterocycles. The van der Waals surface area contributed by atoms with E-state index in [2.05, 4.69) is 4.98 Å². The fourth-order valence-electron chi connectivity index (χ4n) is 3.93. The van der Waals surface area contributed by atoms with Crippen LogP contribution in [-0.2, 0) is 4.79 Å². The van der Waals surface area contributed by atoms with E-state index in [1.54, 1.807) is 34.7 Å². The lowest BCUT2D eigenvalue weighted by atomic mass is 10.1. The number of rotatable bonds is 7. The van der Waals surface area contributed by atoms with Gasteiger partial charge in [0.25, 0.3) is 5.91 Å². The molecule has 0 spiro atoms. The number of carbonyl (C=O) groups excluding carboxylic acids is 2. The molecule has 1 aliphatic rings. The summed E-state index contributed by atoms with van der Waals surface area (Å²) in [6.07, 6.45) is 1.65. The molecule has 0 fully saturated rings. The Morgan fingerprint density at radius 2 is 1.91 bits per heavy atom. The van der Waals surface area contributed by atoms with Gasteiger partial charge in [-0.3, -0.25) is 19.1 Å². The van der Waals surface area contributed by atoms with Gasteiger partial charge in [0.15, 0.2) is 11.5 Å². The van der Waals surface area contributed by atoms with E-state index in [0.29, 0.717) is 11.6 Å². The van der Waals surface area contributed by atoms with Crippen LogP contribution in [0.2, 0.25) is 5.02 Å². The summed E-state index contributed by atoms with van der Waals surface area (Å²) in [5.74, 6) is -0.569. The van der Waals surface area contributed by atoms with Crippen molar-refractivity contribution in [1.82, 2.24) is 14.5 Å². The van der Waals surface area contributed by atoms with E-state index in [0.717, 1.165) is 18.4 Å². The number of nitrogens with zero attached hydrogens (tertiary/aromatic N) is 4. The minimum absolute atomic E-state index is 0.0267. The van der Waals surface area contributed by atoms with Gasteiger partial charge < -0.3 is 9.64 Å². The summed E-state index contributed by atoms with van der Waals surface area (Å²) in [4.78, 5) is 34.1. The van der Waals surface area contributed by atoms with Crippen LogP contribution in [0.15, 0.2) is 48.5 Å². The van der Waals surface area contributed by atoms with Crippen LogP contribution in [0.1, 0.15) is 48.8 Å². The topological polar surface area (TPSA) is 67.7 Å². The van der Waals surface area contributed by atoms with Gasteiger partial charge >= 0.3 is 6.01 Å². The van der Waals surface area contributed by atoms with Gasteiger partial charge in [-0.15, -0.1) is 0 Å². The monoisotopic (exact) mass is 484 g/mol. The molecule has 3 aromatic rings. The Morgan fingerprint density at radius 1 is 1.18 bits per heavy atom. The van der Waals surface area contributed by atoms with Crippen molar-refractivity contribution in [3.63, 3.8) is 0 Å². The van der Waals surface area contributed by atoms with Gasteiger partial charge in [0.2, 0.25) is 5.91 Å². The third-order valence-electron chi connectivity index (χ3n) is 5.89. The Kier molecular flexibility index (Phi) is 6.88. The molecule has 0 aliphatic carbocycles. The number of imidazole rings is 1. The molecule has 34 heavy (non-hydrogen) atoms. The van der Waals surface area contributed by atoms with Gasteiger partial charge in [0.1, 0.15) is 18.1 Å². The van der Waals surface area contributed by atoms with E-state index in [1.165, 1.54) is 23.1 Å². The van der Waals surface area contributed by atoms with Gasteiger partial charge in [-0.25, -0.2) is 4.39 Å². The zero-order valence-corrected chi connectivity index (χ0v) is 20.1. The first kappa shape index (κ1) is 23.8. The maximum absolute atomic E-state index is 13.8. The lowest BCUT2D eigenvalue weighted by Crippen LogP contribution is -2.39. The summed E-state index contributed by atoms with van der Waals surface area (Å²) in [5, 5.41) is 0.587. The zero-order valence-electron chi connectivity index (χ0n) is 19.3. The molecule has 178 valence electrons. The Labute approximate surface area is 202 Å². The minimum atomic E-state index is -0.461. The fraction of sp³-hybridized carbons (Fsp3) is 0.320. The second-order valence-corrected chi connectivity index (χ2v) is 8.69. The predicted molar refractivity (Wildman–Crippen MR) is 128 cm³/mol. The normalized spacial score (nSPS) is 14.7. The van der Waals surface area contributed by atoms with Crippen LogP contribution in [-0.4, -0.2) is 46.4 Å². The summed E-state index contributed by atoms with van der Waals surface area (Å²) in [6.45, 7) is 4.36. The molecule has 4 rings (SSSR count). The molecule has 9 heteroatoms. The number of carbonyl (C=O) groups is 2. The molecule has 2 amide bonds. The quantitative estimate of drug-likeness (QED) is 0.456. The molecule has 0 saturated carbocycles. The van der Waals surface area contributed by atoms with E-state index < -0.39 is 11.9 Å². The van der Waals surface area contributed by atoms with E-state index >= 15 is 0 Å². The van der Waals surface area contributed by atoms with Gasteiger partial charge in [-0.2, -0.15) is 4.98 Å². The number of anilines is 1. The number of hydrogen-bond acceptors (Lipinski definition) is 4. The molecule has 0 radical (unpaired) electrons. The molecule has 2 aromatic carbocycles. The number of fused-ring (bicyclic) bond motifs is 1. The van der Waals surface area contributed by atoms with Crippen molar-refractivity contribution in [2.24, 2.45) is 0 Å². The first-order chi connectivity index (χ1) is 16.3. The van der Waals surface area contributed by atoms with Crippen LogP contribution in [0.25, 0.3) is 0 Å². The highest BCUT2D eigenvalue weighted by molar-refractivity contribution is 6.30. The number of hydrogen-bond donors (Lipinski definition) is 0. The number of amides is 2. The molecule has 0 bridgehead atoms. The van der Waals surface area contributed by atoms with Gasteiger partial charge in [-0.1, -0.05) is 43.1 Å². The van der Waals surface area contributed by atoms with Gasteiger partial charge in [0, 0.05) is 24.7 Å². The number of likely N-dealkylation sites (N-methyl/N-ethyl adjacent to an activating group) is 1. The van der Waals surface area contributed by atoms with Crippen LogP contribution in [0.3, 0.4) is 0 Å². The van der Waals surface area contributed by atoms with Crippen molar-refractivity contribution >= 4 is 29.2 Å². The molecular formula is C25H26ClFN4O3. The van der Waals surface area contributed by atoms with E-state index in [4.69, 9.17) is 16.3 Å². The third-order valence-corrected chi connectivity index (χ3v) is 6.15. The van der Waals surface area contributed by atoms with Crippen molar-refractivity contribution < 1.29 is 18.7 Å². The number of halogens is 2. The van der Waals surface area contributed by atoms with Crippen LogP contribution in [0, 0.1) is 5.82 Å². The summed E-state index contributed by atoms with van der Waals surface area (Å²) in [5.41, 5.74) is 1.11. The molecule has 7 nitrogen and oxygen atoms in total. The number of benzene rings is 2. The summed E-state index contributed by atoms with van der Waals surface area (Å²) >= 11 is 6.07. The van der Waals surface area contributed by atoms with Crippen molar-refractivity contribution in [3.8, 4) is 11.8 Å². The largest absolute Gasteiger partial charge is 0.425 e. The Morgan fingerprint density at radius 3 is 2.59 bits per heavy atom. The molecule has 0 unspecified atom stereocenters. The standard InChI is InChI=1S/C25H26ClFN4O3/c1-4-5-13-30-15-21(32)29(3)23-22(24(30)33)31(16(2)17-9-11-18(26)12-10-17)25(28-23)34-20-8-6-7-19(27)14-20/h6-12,14,16H,4-5,13,15H2,1-3H3/t16-/m0/s1. The third kappa shape index (κ3) is 4.63. The Bertz CT molecular complexity index is 1210. The van der Waals surface area contributed by atoms with Crippen LogP contribution < -0.4 is 9.64 Å². The molecule has 1 aliphatic heterocycles. The van der Waals surface area contributed by atoms with Crippen LogP contribution >= 0.6 is 11.6 Å². The summed E-state index contributed by atoms with van der Waals surface area (Å²) in [7, 11) is 1.59. The SMILES string of the molecule is CCCCN1CC(=O)N(C)c2nc(Oc3cccc(F)c3)n([C@@H](C)c3ccc(Cl)cc3)c2C1=O. The lowest BCUT2D eigenvalue weighted by molar-refractivity contribution is -0.118. The maximum atomic E-state index is 13.8. The highest BCUT2D eigenvalue weighted by Gasteiger charge is 2.37. The van der Waals surface area contributed by atoms with Crippen molar-refractivity contribution in [3.05, 3.63) is 70.6 Å². The zero-order chi connectivity index (χ0) is 24.4. The number of unbranched alkanes of at least 4 members (excludes halogenated alkanes) is 1. The lowest BCUT2D eigenvalue weighted by Gasteiger charge is -2.23. The highest BCUT2D eigenvalue weighted by atomic mass is 35.5. The van der Waals surface area contributed by atoms with Crippen molar-refractivity contribution in [2.75, 3.05) is 25.0 Å². The van der Waals surface area contributed by atoms with E-state index in [-0.39, 0.29) is 41.6 Å². The summed E-state index contributed by atoms with van der Waals surface area (Å²) < 4.78 is 21.5. The highest BCUT2D eigenvalue weighted by Crippen LogP contribution is 2.36. The molecule has 2 heterocycles. The van der Waals surface area contributed by atoms with Crippen molar-refractivity contribution in [2.45, 2.75) is 32.7 Å². The Hall–Kier alpha value is -3.39. The first-order valence-electron chi connectivity index (χ1n) is 11.2. The average molecular weight is 485 g/mol. The smallest absolute Gasteiger partial charge is 0.305 e. The van der Waals surface area contributed by atoms with Crippen molar-refractivity contribution in [1.29, 1.82) is 0 Å². The van der Waals surface area contributed by atoms with Crippen LogP contribution in [0.4, 0.5) is 10.2 Å². The molecule has 0 N–H and O–H groups in total. The fourth-order valence-corrected chi connectivity index (χ4v) is 4.06. The predicted octanol–water partition coefficient (Wildman–Crippen LogP) is 5.30. The van der Waals surface area contributed by atoms with E-state index in [1.807, 2.05) is 26.0 Å². The van der Waals surface area contributed by atoms with Gasteiger partial charge in [-0.05, 0) is 43.2 Å². The molecule has 1 atom stereocenters. The second kappa shape index (κ2) is 9.85. The van der Waals surface area contributed by atoms with E-state index in [9.17, 15) is 14.0 Å². The second-order valence-electron chi connectivity index (χ2n) is 8.26. The number of aromatic nitrogens is 2. The maximum Gasteiger partial charge on any atom is 0.305 e. The van der Waals surface area contributed by atoms with Crippen LogP contribution in [0.5, 0.6) is 11.8 Å². The Balaban J connectivity index is 1.88. The first-order valence-corrected chi connectivity index (χ1v) is 11.5. The van der Waals surface area contributed by atoms with Gasteiger partial charge in [0.05, 0.1) is 6.04 Å². The number of ether oxygens (including phenoxy) is 1. The minimum Gasteiger partial charge on any atom is -0.425 e. The molecular weight excluding hydrogens is 459 g/mol. The average Bonchev–Trinajstić information content (AvgIpc) is 3.15.